The molecule has 1 saturated heterocycles. The lowest BCUT2D eigenvalue weighted by Crippen LogP contribution is -2.50. The molecule has 1 fully saturated rings. The molecular weight excluding hydrogens is 489 g/mol. The van der Waals surface area contributed by atoms with Crippen LogP contribution in [0.15, 0.2) is 67.1 Å². The normalized spacial score (nSPS) is 14.8. The number of carbonyl (C=O) groups is 1. The molecule has 1 aromatic carbocycles. The van der Waals surface area contributed by atoms with E-state index in [-0.39, 0.29) is 12.5 Å². The number of nitrogens with one attached hydrogen (secondary N) is 1. The van der Waals surface area contributed by atoms with Gasteiger partial charge in [-0.25, -0.2) is 13.9 Å². The molecule has 5 heterocycles. The van der Waals surface area contributed by atoms with Gasteiger partial charge in [-0.1, -0.05) is 30.3 Å². The number of hydrogen-bond acceptors (Lipinski definition) is 7. The summed E-state index contributed by atoms with van der Waals surface area (Å²) in [6.45, 7) is 1.57. The molecule has 0 spiro atoms. The van der Waals surface area contributed by atoms with Crippen molar-refractivity contribution in [2.75, 3.05) is 44.4 Å². The Morgan fingerprint density at radius 1 is 1.11 bits per heavy atom. The summed E-state index contributed by atoms with van der Waals surface area (Å²) in [5, 5.41) is 22.8. The van der Waals surface area contributed by atoms with E-state index in [9.17, 15) is 14.3 Å². The number of carbonyl (C=O) groups excluding carboxylic acids is 1. The molecule has 0 aliphatic carbocycles. The lowest BCUT2D eigenvalue weighted by Gasteiger charge is -2.36. The second kappa shape index (κ2) is 10.1. The zero-order valence-corrected chi connectivity index (χ0v) is 20.5. The zero-order valence-electron chi connectivity index (χ0n) is 20.5. The van der Waals surface area contributed by atoms with E-state index < -0.39 is 12.8 Å². The highest BCUT2D eigenvalue weighted by atomic mass is 19.1. The van der Waals surface area contributed by atoms with Crippen LogP contribution in [0.4, 0.5) is 10.2 Å². The van der Waals surface area contributed by atoms with Gasteiger partial charge in [-0.3, -0.25) is 9.89 Å². The summed E-state index contributed by atoms with van der Waals surface area (Å²) in [5.74, 6) is 1.02. The number of pyridine rings is 2. The highest BCUT2D eigenvalue weighted by Crippen LogP contribution is 2.33. The second-order valence-corrected chi connectivity index (χ2v) is 9.08. The number of hydrogen-bond donors (Lipinski definition) is 2. The summed E-state index contributed by atoms with van der Waals surface area (Å²) >= 11 is 0. The minimum Gasteiger partial charge on any atom is -0.489 e. The van der Waals surface area contributed by atoms with Crippen molar-refractivity contribution >= 4 is 28.3 Å². The van der Waals surface area contributed by atoms with Gasteiger partial charge >= 0.3 is 0 Å². The SMILES string of the molecule is O=C([C@H](O)c1ccccc1)N1CCN(c2ccc(-c3cc(OCCF)cn4nc5[nH]ncc5c34)cn2)CC1. The summed E-state index contributed by atoms with van der Waals surface area (Å²) in [5.41, 5.74) is 3.78. The average Bonchev–Trinajstić information content (AvgIpc) is 3.57. The molecule has 0 saturated carbocycles. The van der Waals surface area contributed by atoms with Gasteiger partial charge < -0.3 is 19.6 Å². The molecule has 0 bridgehead atoms. The van der Waals surface area contributed by atoms with Crippen molar-refractivity contribution in [3.05, 3.63) is 72.7 Å². The number of aliphatic hydroxyl groups excluding tert-OH is 1. The smallest absolute Gasteiger partial charge is 0.256 e. The Labute approximate surface area is 217 Å². The van der Waals surface area contributed by atoms with Crippen molar-refractivity contribution in [1.82, 2.24) is 29.7 Å². The standard InChI is InChI=1S/C27H26FN7O3/c28-8-13-38-20-14-21(24-22-16-30-31-26(22)32-35(24)17-20)19-6-7-23(29-15-19)33-9-11-34(12-10-33)27(37)25(36)18-4-2-1-3-5-18/h1-7,14-17,25,36H,8-13H2,(H,31,32)/t25-/m1/s1. The van der Waals surface area contributed by atoms with Crippen molar-refractivity contribution in [1.29, 1.82) is 0 Å². The summed E-state index contributed by atoms with van der Waals surface area (Å²) < 4.78 is 20.0. The van der Waals surface area contributed by atoms with Crippen LogP contribution >= 0.6 is 0 Å². The van der Waals surface area contributed by atoms with Crippen LogP contribution in [0.1, 0.15) is 11.7 Å². The first-order chi connectivity index (χ1) is 18.6. The number of fused-ring (bicyclic) bond motifs is 3. The number of rotatable bonds is 7. The fourth-order valence-corrected chi connectivity index (χ4v) is 4.83. The van der Waals surface area contributed by atoms with Crippen molar-refractivity contribution < 1.29 is 19.0 Å². The molecule has 0 unspecified atom stereocenters. The summed E-state index contributed by atoms with van der Waals surface area (Å²) in [6.07, 6.45) is 4.08. The van der Waals surface area contributed by atoms with Crippen LogP contribution in [0.2, 0.25) is 0 Å². The van der Waals surface area contributed by atoms with Crippen molar-refractivity contribution in [3.63, 3.8) is 0 Å². The molecule has 38 heavy (non-hydrogen) atoms. The number of piperazine rings is 1. The fourth-order valence-electron chi connectivity index (χ4n) is 4.83. The molecule has 5 aromatic rings. The van der Waals surface area contributed by atoms with Crippen molar-refractivity contribution in [2.45, 2.75) is 6.10 Å². The van der Waals surface area contributed by atoms with E-state index in [0.29, 0.717) is 43.1 Å². The fraction of sp³-hybridized carbons (Fsp3) is 0.259. The van der Waals surface area contributed by atoms with Crippen molar-refractivity contribution in [3.8, 4) is 16.9 Å². The minimum absolute atomic E-state index is 0.0420. The van der Waals surface area contributed by atoms with Gasteiger partial charge in [-0.2, -0.15) is 5.10 Å². The lowest BCUT2D eigenvalue weighted by atomic mass is 10.1. The van der Waals surface area contributed by atoms with E-state index in [1.54, 1.807) is 40.1 Å². The molecule has 1 amide bonds. The first-order valence-corrected chi connectivity index (χ1v) is 12.4. The van der Waals surface area contributed by atoms with Crippen LogP contribution in [-0.4, -0.2) is 80.2 Å². The van der Waals surface area contributed by atoms with E-state index >= 15 is 0 Å². The Kier molecular flexibility index (Phi) is 6.34. The van der Waals surface area contributed by atoms with Gasteiger partial charge in [0.2, 0.25) is 0 Å². The van der Waals surface area contributed by atoms with Gasteiger partial charge in [0, 0.05) is 43.5 Å². The molecule has 10 nitrogen and oxygen atoms in total. The molecule has 1 atom stereocenters. The Bertz CT molecular complexity index is 1560. The van der Waals surface area contributed by atoms with Gasteiger partial charge in [0.05, 0.1) is 23.3 Å². The van der Waals surface area contributed by atoms with E-state index in [1.165, 1.54) is 0 Å². The van der Waals surface area contributed by atoms with Crippen LogP contribution < -0.4 is 9.64 Å². The number of anilines is 1. The summed E-state index contributed by atoms with van der Waals surface area (Å²) in [4.78, 5) is 21.3. The Morgan fingerprint density at radius 3 is 2.66 bits per heavy atom. The summed E-state index contributed by atoms with van der Waals surface area (Å²) in [6, 6.07) is 14.8. The number of aromatic nitrogens is 5. The predicted molar refractivity (Wildman–Crippen MR) is 140 cm³/mol. The largest absolute Gasteiger partial charge is 0.489 e. The Hall–Kier alpha value is -4.51. The molecule has 194 valence electrons. The van der Waals surface area contributed by atoms with Crippen LogP contribution in [0, 0.1) is 0 Å². The van der Waals surface area contributed by atoms with Crippen LogP contribution in [0.3, 0.4) is 0 Å². The molecule has 1 aliphatic heterocycles. The maximum absolute atomic E-state index is 12.8. The summed E-state index contributed by atoms with van der Waals surface area (Å²) in [7, 11) is 0. The first kappa shape index (κ1) is 23.9. The van der Waals surface area contributed by atoms with Gasteiger partial charge in [-0.05, 0) is 23.8 Å². The van der Waals surface area contributed by atoms with E-state index in [4.69, 9.17) is 9.72 Å². The monoisotopic (exact) mass is 515 g/mol. The number of benzene rings is 1. The number of aromatic amines is 1. The van der Waals surface area contributed by atoms with Crippen molar-refractivity contribution in [2.24, 2.45) is 0 Å². The number of ether oxygens (including phenoxy) is 1. The van der Waals surface area contributed by atoms with Gasteiger partial charge in [0.25, 0.3) is 5.91 Å². The van der Waals surface area contributed by atoms with Crippen LogP contribution in [-0.2, 0) is 4.79 Å². The molecular formula is C27H26FN7O3. The quantitative estimate of drug-likeness (QED) is 0.343. The molecule has 4 aromatic heterocycles. The second-order valence-electron chi connectivity index (χ2n) is 9.08. The number of alkyl halides is 1. The van der Waals surface area contributed by atoms with E-state index in [1.807, 2.05) is 36.4 Å². The highest BCUT2D eigenvalue weighted by molar-refractivity contribution is 6.00. The topological polar surface area (TPSA) is 112 Å². The first-order valence-electron chi connectivity index (χ1n) is 12.4. The van der Waals surface area contributed by atoms with Crippen LogP contribution in [0.25, 0.3) is 27.7 Å². The van der Waals surface area contributed by atoms with Gasteiger partial charge in [0.15, 0.2) is 11.8 Å². The Balaban J connectivity index is 1.20. The van der Waals surface area contributed by atoms with Crippen LogP contribution in [0.5, 0.6) is 5.75 Å². The third-order valence-electron chi connectivity index (χ3n) is 6.77. The highest BCUT2D eigenvalue weighted by Gasteiger charge is 2.27. The minimum atomic E-state index is -1.16. The lowest BCUT2D eigenvalue weighted by molar-refractivity contribution is -0.140. The zero-order chi connectivity index (χ0) is 26.1. The maximum Gasteiger partial charge on any atom is 0.256 e. The number of nitrogens with zero attached hydrogens (tertiary/aromatic N) is 6. The molecule has 2 N–H and O–H groups in total. The van der Waals surface area contributed by atoms with E-state index in [0.717, 1.165) is 27.8 Å². The maximum atomic E-state index is 12.8. The molecule has 6 rings (SSSR count). The number of halogens is 1. The molecule has 0 radical (unpaired) electrons. The molecule has 11 heteroatoms. The van der Waals surface area contributed by atoms with Gasteiger partial charge in [-0.15, -0.1) is 5.10 Å². The average molecular weight is 516 g/mol. The predicted octanol–water partition coefficient (Wildman–Crippen LogP) is 3.00. The third-order valence-corrected chi connectivity index (χ3v) is 6.77. The third kappa shape index (κ3) is 4.41. The number of H-pyrrole nitrogens is 1. The Morgan fingerprint density at radius 2 is 1.92 bits per heavy atom. The van der Waals surface area contributed by atoms with Gasteiger partial charge in [0.1, 0.15) is 24.8 Å². The number of aliphatic hydroxyl groups is 1. The molecule has 1 aliphatic rings. The van der Waals surface area contributed by atoms with E-state index in [2.05, 4.69) is 20.2 Å². The number of amides is 1.